The van der Waals surface area contributed by atoms with Gasteiger partial charge in [-0.1, -0.05) is 30.3 Å². The zero-order valence-corrected chi connectivity index (χ0v) is 7.44. The molecule has 65 valence electrons. The van der Waals surface area contributed by atoms with E-state index in [-0.39, 0.29) is 0 Å². The Hall–Kier alpha value is -1.96. The minimum atomic E-state index is 0.895. The van der Waals surface area contributed by atoms with E-state index in [1.807, 2.05) is 18.2 Å². The molecule has 0 saturated heterocycles. The van der Waals surface area contributed by atoms with Gasteiger partial charge in [0.05, 0.1) is 17.2 Å². The van der Waals surface area contributed by atoms with Crippen molar-refractivity contribution in [1.29, 1.82) is 0 Å². The van der Waals surface area contributed by atoms with Crippen LogP contribution in [0.4, 0.5) is 0 Å². The molecular formula is C12H7N2. The molecule has 0 unspecified atom stereocenters. The van der Waals surface area contributed by atoms with Crippen LogP contribution in [0.5, 0.6) is 0 Å². The topological polar surface area (TPSA) is 25.8 Å². The summed E-state index contributed by atoms with van der Waals surface area (Å²) in [6.45, 7) is 0. The maximum absolute atomic E-state index is 4.29. The molecule has 1 aromatic heterocycles. The van der Waals surface area contributed by atoms with Gasteiger partial charge in [0.15, 0.2) is 0 Å². The summed E-state index contributed by atoms with van der Waals surface area (Å²) in [6.07, 6.45) is 4.34. The fourth-order valence-corrected chi connectivity index (χ4v) is 1.66. The van der Waals surface area contributed by atoms with Crippen LogP contribution in [-0.4, -0.2) is 9.97 Å². The first-order valence-corrected chi connectivity index (χ1v) is 4.46. The normalized spacial score (nSPS) is 10.9. The van der Waals surface area contributed by atoms with Gasteiger partial charge in [0.1, 0.15) is 6.20 Å². The highest BCUT2D eigenvalue weighted by molar-refractivity contribution is 6.03. The molecule has 3 rings (SSSR count). The van der Waals surface area contributed by atoms with Crippen molar-refractivity contribution in [2.75, 3.05) is 0 Å². The quantitative estimate of drug-likeness (QED) is 0.496. The molecule has 0 aliphatic heterocycles. The fraction of sp³-hybridized carbons (Fsp3) is 0. The van der Waals surface area contributed by atoms with Crippen molar-refractivity contribution >= 4 is 21.8 Å². The van der Waals surface area contributed by atoms with Gasteiger partial charge in [-0.05, 0) is 11.5 Å². The van der Waals surface area contributed by atoms with Gasteiger partial charge in [-0.25, -0.2) is 4.98 Å². The highest BCUT2D eigenvalue weighted by atomic mass is 14.8. The van der Waals surface area contributed by atoms with Crippen molar-refractivity contribution in [1.82, 2.24) is 9.97 Å². The number of aromatic nitrogens is 2. The molecule has 0 bridgehead atoms. The van der Waals surface area contributed by atoms with E-state index in [0.29, 0.717) is 0 Å². The molecule has 0 spiro atoms. The van der Waals surface area contributed by atoms with Crippen LogP contribution in [0.2, 0.25) is 0 Å². The van der Waals surface area contributed by atoms with E-state index < -0.39 is 0 Å². The minimum Gasteiger partial charge on any atom is -0.252 e. The zero-order chi connectivity index (χ0) is 9.38. The summed E-state index contributed by atoms with van der Waals surface area (Å²) >= 11 is 0. The summed E-state index contributed by atoms with van der Waals surface area (Å²) in [5, 5.41) is 2.34. The van der Waals surface area contributed by atoms with Crippen molar-refractivity contribution in [3.05, 3.63) is 48.8 Å². The third-order valence-corrected chi connectivity index (χ3v) is 2.32. The molecule has 1 heterocycles. The first-order valence-electron chi connectivity index (χ1n) is 4.46. The predicted octanol–water partition coefficient (Wildman–Crippen LogP) is 2.58. The van der Waals surface area contributed by atoms with Gasteiger partial charge in [-0.2, -0.15) is 0 Å². The van der Waals surface area contributed by atoms with Crippen LogP contribution in [0.25, 0.3) is 21.8 Å². The molecule has 0 N–H and O–H groups in total. The van der Waals surface area contributed by atoms with E-state index in [0.717, 1.165) is 16.4 Å². The van der Waals surface area contributed by atoms with E-state index in [9.17, 15) is 0 Å². The van der Waals surface area contributed by atoms with Crippen molar-refractivity contribution in [2.45, 2.75) is 0 Å². The molecule has 3 aromatic rings. The van der Waals surface area contributed by atoms with E-state index in [1.165, 1.54) is 5.39 Å². The van der Waals surface area contributed by atoms with Crippen LogP contribution < -0.4 is 0 Å². The fourth-order valence-electron chi connectivity index (χ4n) is 1.66. The number of hydrogen-bond acceptors (Lipinski definition) is 2. The molecule has 14 heavy (non-hydrogen) atoms. The third kappa shape index (κ3) is 0.973. The maximum atomic E-state index is 4.29. The largest absolute Gasteiger partial charge is 0.252 e. The summed E-state index contributed by atoms with van der Waals surface area (Å²) in [7, 11) is 0. The Kier molecular flexibility index (Phi) is 1.47. The van der Waals surface area contributed by atoms with Gasteiger partial charge in [-0.15, -0.1) is 0 Å². The first-order chi connectivity index (χ1) is 6.95. The molecule has 0 aliphatic carbocycles. The molecule has 0 saturated carbocycles. The second-order valence-electron chi connectivity index (χ2n) is 3.15. The van der Waals surface area contributed by atoms with Crippen molar-refractivity contribution in [3.8, 4) is 0 Å². The van der Waals surface area contributed by atoms with Crippen LogP contribution >= 0.6 is 0 Å². The smallest absolute Gasteiger partial charge is 0.109 e. The van der Waals surface area contributed by atoms with E-state index in [2.05, 4.69) is 34.4 Å². The maximum Gasteiger partial charge on any atom is 0.109 e. The minimum absolute atomic E-state index is 0.895. The lowest BCUT2D eigenvalue weighted by atomic mass is 10.1. The number of hydrogen-bond donors (Lipinski definition) is 0. The number of rotatable bonds is 0. The Morgan fingerprint density at radius 1 is 1.00 bits per heavy atom. The Morgan fingerprint density at radius 3 is 2.93 bits per heavy atom. The Balaban J connectivity index is 2.61. The number of fused-ring (bicyclic) bond motifs is 3. The van der Waals surface area contributed by atoms with Crippen LogP contribution in [0.1, 0.15) is 0 Å². The highest BCUT2D eigenvalue weighted by Gasteiger charge is 1.99. The van der Waals surface area contributed by atoms with Crippen LogP contribution in [0, 0.1) is 6.20 Å². The highest BCUT2D eigenvalue weighted by Crippen LogP contribution is 2.21. The molecular weight excluding hydrogens is 172 g/mol. The lowest BCUT2D eigenvalue weighted by molar-refractivity contribution is 1.29. The summed E-state index contributed by atoms with van der Waals surface area (Å²) in [4.78, 5) is 8.44. The molecule has 0 atom stereocenters. The predicted molar refractivity (Wildman–Crippen MR) is 55.9 cm³/mol. The van der Waals surface area contributed by atoms with Gasteiger partial charge in [0.25, 0.3) is 0 Å². The second-order valence-corrected chi connectivity index (χ2v) is 3.15. The van der Waals surface area contributed by atoms with Gasteiger partial charge >= 0.3 is 0 Å². The molecule has 2 nitrogen and oxygen atoms in total. The van der Waals surface area contributed by atoms with E-state index in [4.69, 9.17) is 0 Å². The van der Waals surface area contributed by atoms with Crippen LogP contribution in [0.3, 0.4) is 0 Å². The van der Waals surface area contributed by atoms with E-state index >= 15 is 0 Å². The van der Waals surface area contributed by atoms with Gasteiger partial charge in [0.2, 0.25) is 0 Å². The SMILES string of the molecule is [c]1cnc2c(ccc3ccccc32)n1. The first kappa shape index (κ1) is 7.44. The average Bonchev–Trinajstić information content (AvgIpc) is 2.29. The van der Waals surface area contributed by atoms with Crippen molar-refractivity contribution in [3.63, 3.8) is 0 Å². The summed E-state index contributed by atoms with van der Waals surface area (Å²) in [5.41, 5.74) is 1.84. The number of benzene rings is 2. The third-order valence-electron chi connectivity index (χ3n) is 2.32. The van der Waals surface area contributed by atoms with Gasteiger partial charge in [0, 0.05) is 5.39 Å². The molecule has 0 fully saturated rings. The Labute approximate surface area is 81.2 Å². The lowest BCUT2D eigenvalue weighted by Gasteiger charge is -2.00. The molecule has 0 amide bonds. The monoisotopic (exact) mass is 179 g/mol. The number of nitrogens with zero attached hydrogens (tertiary/aromatic N) is 2. The van der Waals surface area contributed by atoms with Crippen LogP contribution in [-0.2, 0) is 0 Å². The zero-order valence-electron chi connectivity index (χ0n) is 7.44. The second kappa shape index (κ2) is 2.77. The van der Waals surface area contributed by atoms with Crippen molar-refractivity contribution < 1.29 is 0 Å². The summed E-state index contributed by atoms with van der Waals surface area (Å²) in [6, 6.07) is 12.2. The van der Waals surface area contributed by atoms with Crippen LogP contribution in [0.15, 0.2) is 42.6 Å². The van der Waals surface area contributed by atoms with Gasteiger partial charge < -0.3 is 0 Å². The molecule has 2 heteroatoms. The molecule has 0 aliphatic rings. The summed E-state index contributed by atoms with van der Waals surface area (Å²) < 4.78 is 0. The van der Waals surface area contributed by atoms with E-state index in [1.54, 1.807) is 6.20 Å². The standard InChI is InChI=1S/C12H7N2/c1-2-4-10-9(3-1)5-6-11-12(10)14-8-7-13-11/h1-6,8H. The molecule has 1 radical (unpaired) electrons. The summed E-state index contributed by atoms with van der Waals surface area (Å²) in [5.74, 6) is 0. The lowest BCUT2D eigenvalue weighted by Crippen LogP contribution is -1.83. The Bertz CT molecular complexity index is 547. The Morgan fingerprint density at radius 2 is 1.93 bits per heavy atom. The van der Waals surface area contributed by atoms with Crippen molar-refractivity contribution in [2.24, 2.45) is 0 Å². The average molecular weight is 179 g/mol. The van der Waals surface area contributed by atoms with Gasteiger partial charge in [-0.3, -0.25) is 4.98 Å². The molecule has 2 aromatic carbocycles.